The summed E-state index contributed by atoms with van der Waals surface area (Å²) >= 11 is 5.90. The minimum Gasteiger partial charge on any atom is -0.465 e. The van der Waals surface area contributed by atoms with Gasteiger partial charge in [-0.15, -0.1) is 12.4 Å². The predicted octanol–water partition coefficient (Wildman–Crippen LogP) is 1.60. The van der Waals surface area contributed by atoms with E-state index in [9.17, 15) is 13.2 Å². The van der Waals surface area contributed by atoms with E-state index in [-0.39, 0.29) is 34.4 Å². The van der Waals surface area contributed by atoms with Crippen molar-refractivity contribution in [3.63, 3.8) is 0 Å². The summed E-state index contributed by atoms with van der Waals surface area (Å²) in [6.07, 6.45) is 1.73. The molecule has 25 heavy (non-hydrogen) atoms. The highest BCUT2D eigenvalue weighted by Crippen LogP contribution is 2.23. The lowest BCUT2D eigenvalue weighted by molar-refractivity contribution is 0.0596. The number of nitrogens with one attached hydrogen (secondary N) is 2. The normalized spacial score (nSPS) is 20.1. The standard InChI is InChI=1S/C15H21ClN2O5S.ClH/c1-22-10-15(6-3-7-17-15)9-18-24(20,21)13-8-11(16)4-5-12(13)14(19)23-2;/h4-5,8,17-18H,3,6-7,9-10H2,1-2H3;1H. The second-order valence-corrected chi connectivity index (χ2v) is 7.87. The lowest BCUT2D eigenvalue weighted by Gasteiger charge is -2.29. The summed E-state index contributed by atoms with van der Waals surface area (Å²) < 4.78 is 37.8. The third-order valence-electron chi connectivity index (χ3n) is 3.99. The van der Waals surface area contributed by atoms with Crippen LogP contribution in [0.25, 0.3) is 0 Å². The van der Waals surface area contributed by atoms with Gasteiger partial charge in [-0.25, -0.2) is 17.9 Å². The Labute approximate surface area is 158 Å². The molecule has 0 saturated carbocycles. The number of sulfonamides is 1. The Morgan fingerprint density at radius 2 is 2.12 bits per heavy atom. The zero-order valence-electron chi connectivity index (χ0n) is 14.0. The fourth-order valence-electron chi connectivity index (χ4n) is 2.78. The summed E-state index contributed by atoms with van der Waals surface area (Å²) in [7, 11) is -1.18. The van der Waals surface area contributed by atoms with Gasteiger partial charge in [-0.2, -0.15) is 0 Å². The maximum absolute atomic E-state index is 12.7. The van der Waals surface area contributed by atoms with Crippen LogP contribution in [0.5, 0.6) is 0 Å². The zero-order valence-corrected chi connectivity index (χ0v) is 16.4. The number of halogens is 2. The van der Waals surface area contributed by atoms with Crippen molar-refractivity contribution < 1.29 is 22.7 Å². The first-order chi connectivity index (χ1) is 11.3. The average Bonchev–Trinajstić information content (AvgIpc) is 3.02. The Hall–Kier alpha value is -0.900. The van der Waals surface area contributed by atoms with E-state index in [0.29, 0.717) is 6.61 Å². The van der Waals surface area contributed by atoms with Crippen molar-refractivity contribution in [2.75, 3.05) is 33.9 Å². The van der Waals surface area contributed by atoms with Crippen molar-refractivity contribution in [2.24, 2.45) is 0 Å². The molecule has 142 valence electrons. The third kappa shape index (κ3) is 5.29. The number of carbonyl (C=O) groups excluding carboxylic acids is 1. The van der Waals surface area contributed by atoms with Gasteiger partial charge in [-0.05, 0) is 37.6 Å². The van der Waals surface area contributed by atoms with Crippen LogP contribution in [0.2, 0.25) is 5.02 Å². The number of ether oxygens (including phenoxy) is 2. The van der Waals surface area contributed by atoms with E-state index in [4.69, 9.17) is 16.3 Å². The van der Waals surface area contributed by atoms with Gasteiger partial charge in [0.2, 0.25) is 10.0 Å². The van der Waals surface area contributed by atoms with E-state index in [1.165, 1.54) is 25.3 Å². The van der Waals surface area contributed by atoms with E-state index < -0.39 is 21.5 Å². The van der Waals surface area contributed by atoms with Crippen LogP contribution in [-0.2, 0) is 19.5 Å². The smallest absolute Gasteiger partial charge is 0.339 e. The van der Waals surface area contributed by atoms with E-state index in [1.54, 1.807) is 7.11 Å². The van der Waals surface area contributed by atoms with Gasteiger partial charge in [0.15, 0.2) is 0 Å². The highest BCUT2D eigenvalue weighted by molar-refractivity contribution is 7.89. The lowest BCUT2D eigenvalue weighted by Crippen LogP contribution is -2.53. The molecule has 0 bridgehead atoms. The first kappa shape index (κ1) is 22.1. The molecule has 1 unspecified atom stereocenters. The van der Waals surface area contributed by atoms with E-state index >= 15 is 0 Å². The molecule has 2 N–H and O–H groups in total. The first-order valence-electron chi connectivity index (χ1n) is 7.45. The van der Waals surface area contributed by atoms with Crippen LogP contribution in [0.1, 0.15) is 23.2 Å². The van der Waals surface area contributed by atoms with E-state index in [2.05, 4.69) is 14.8 Å². The Morgan fingerprint density at radius 3 is 2.68 bits per heavy atom. The molecule has 0 aromatic heterocycles. The number of hydrogen-bond acceptors (Lipinski definition) is 6. The van der Waals surface area contributed by atoms with Gasteiger partial charge in [0.25, 0.3) is 0 Å². The number of carbonyl (C=O) groups is 1. The van der Waals surface area contributed by atoms with Crippen LogP contribution >= 0.6 is 24.0 Å². The predicted molar refractivity (Wildman–Crippen MR) is 97.1 cm³/mol. The second-order valence-electron chi connectivity index (χ2n) is 5.70. The van der Waals surface area contributed by atoms with Crippen LogP contribution in [-0.4, -0.2) is 53.8 Å². The van der Waals surface area contributed by atoms with Gasteiger partial charge >= 0.3 is 5.97 Å². The van der Waals surface area contributed by atoms with Gasteiger partial charge in [0, 0.05) is 18.7 Å². The summed E-state index contributed by atoms with van der Waals surface area (Å²) in [6, 6.07) is 4.01. The quantitative estimate of drug-likeness (QED) is 0.660. The largest absolute Gasteiger partial charge is 0.465 e. The Morgan fingerprint density at radius 1 is 1.40 bits per heavy atom. The molecule has 7 nitrogen and oxygen atoms in total. The van der Waals surface area contributed by atoms with Crippen LogP contribution in [0.4, 0.5) is 0 Å². The van der Waals surface area contributed by atoms with Gasteiger partial charge in [0.05, 0.1) is 29.7 Å². The topological polar surface area (TPSA) is 93.7 Å². The molecule has 0 amide bonds. The molecule has 1 aliphatic heterocycles. The fraction of sp³-hybridized carbons (Fsp3) is 0.533. The maximum atomic E-state index is 12.7. The van der Waals surface area contributed by atoms with Crippen molar-refractivity contribution in [2.45, 2.75) is 23.3 Å². The molecule has 1 fully saturated rings. The summed E-state index contributed by atoms with van der Waals surface area (Å²) in [5.74, 6) is -0.738. The van der Waals surface area contributed by atoms with Crippen LogP contribution < -0.4 is 10.0 Å². The minimum atomic E-state index is -3.94. The molecular formula is C15H22Cl2N2O5S. The molecule has 1 saturated heterocycles. The van der Waals surface area contributed by atoms with Gasteiger partial charge in [-0.3, -0.25) is 0 Å². The molecule has 1 heterocycles. The van der Waals surface area contributed by atoms with Crippen molar-refractivity contribution in [3.8, 4) is 0 Å². The Kier molecular flexibility index (Phi) is 8.11. The number of hydrogen-bond donors (Lipinski definition) is 2. The van der Waals surface area contributed by atoms with Crippen molar-refractivity contribution in [3.05, 3.63) is 28.8 Å². The molecule has 1 atom stereocenters. The molecule has 10 heteroatoms. The molecule has 2 rings (SSSR count). The number of benzene rings is 1. The van der Waals surface area contributed by atoms with Crippen LogP contribution in [0, 0.1) is 0 Å². The SMILES string of the molecule is COCC1(CNS(=O)(=O)c2cc(Cl)ccc2C(=O)OC)CCCN1.Cl. The summed E-state index contributed by atoms with van der Waals surface area (Å²) in [6.45, 7) is 1.33. The van der Waals surface area contributed by atoms with Crippen molar-refractivity contribution >= 4 is 40.0 Å². The summed E-state index contributed by atoms with van der Waals surface area (Å²) in [4.78, 5) is 11.6. The average molecular weight is 413 g/mol. The molecule has 0 aliphatic carbocycles. The fourth-order valence-corrected chi connectivity index (χ4v) is 4.36. The molecule has 0 spiro atoms. The number of methoxy groups -OCH3 is 2. The molecular weight excluding hydrogens is 391 g/mol. The zero-order chi connectivity index (χ0) is 17.8. The molecule has 1 aromatic rings. The molecule has 0 radical (unpaired) electrons. The third-order valence-corrected chi connectivity index (χ3v) is 5.67. The van der Waals surface area contributed by atoms with Crippen LogP contribution in [0.3, 0.4) is 0 Å². The van der Waals surface area contributed by atoms with Crippen molar-refractivity contribution in [1.82, 2.24) is 10.0 Å². The van der Waals surface area contributed by atoms with Crippen molar-refractivity contribution in [1.29, 1.82) is 0 Å². The maximum Gasteiger partial charge on any atom is 0.339 e. The highest BCUT2D eigenvalue weighted by atomic mass is 35.5. The Bertz CT molecular complexity index is 706. The van der Waals surface area contributed by atoms with Gasteiger partial charge < -0.3 is 14.8 Å². The monoisotopic (exact) mass is 412 g/mol. The summed E-state index contributed by atoms with van der Waals surface area (Å²) in [5, 5.41) is 3.50. The first-order valence-corrected chi connectivity index (χ1v) is 9.31. The molecule has 1 aromatic carbocycles. The minimum absolute atomic E-state index is 0. The Balaban J connectivity index is 0.00000312. The van der Waals surface area contributed by atoms with Gasteiger partial charge in [0.1, 0.15) is 0 Å². The number of rotatable bonds is 7. The lowest BCUT2D eigenvalue weighted by atomic mass is 9.99. The van der Waals surface area contributed by atoms with E-state index in [1.807, 2.05) is 0 Å². The van der Waals surface area contributed by atoms with E-state index in [0.717, 1.165) is 19.4 Å². The highest BCUT2D eigenvalue weighted by Gasteiger charge is 2.35. The van der Waals surface area contributed by atoms with Crippen LogP contribution in [0.15, 0.2) is 23.1 Å². The molecule has 1 aliphatic rings. The van der Waals surface area contributed by atoms with Gasteiger partial charge in [-0.1, -0.05) is 11.6 Å². The second kappa shape index (κ2) is 9.16. The summed E-state index contributed by atoms with van der Waals surface area (Å²) in [5.41, 5.74) is -0.513. The number of esters is 1.